The summed E-state index contributed by atoms with van der Waals surface area (Å²) in [5.74, 6) is -0.0324. The summed E-state index contributed by atoms with van der Waals surface area (Å²) in [6, 6.07) is 17.5. The Kier molecular flexibility index (Phi) is 6.04. The number of pyridine rings is 1. The van der Waals surface area contributed by atoms with Gasteiger partial charge in [0, 0.05) is 43.3 Å². The van der Waals surface area contributed by atoms with E-state index in [0.717, 1.165) is 11.4 Å². The Morgan fingerprint density at radius 3 is 2.55 bits per heavy atom. The second kappa shape index (κ2) is 8.89. The van der Waals surface area contributed by atoms with E-state index in [1.807, 2.05) is 48.5 Å². The topological polar surface area (TPSA) is 62.2 Å². The Morgan fingerprint density at radius 2 is 1.90 bits per heavy atom. The van der Waals surface area contributed by atoms with Crippen LogP contribution in [0.5, 0.6) is 0 Å². The number of aryl methyl sites for hydroxylation is 1. The van der Waals surface area contributed by atoms with Crippen LogP contribution in [-0.2, 0) is 11.8 Å². The smallest absolute Gasteiger partial charge is 0.226 e. The first-order valence-electron chi connectivity index (χ1n) is 10.4. The number of hydrogen-bond acceptors (Lipinski definition) is 3. The van der Waals surface area contributed by atoms with Crippen molar-refractivity contribution in [2.75, 3.05) is 11.9 Å². The molecule has 0 radical (unpaired) electrons. The highest BCUT2D eigenvalue weighted by atomic mass is 32.1. The number of benzene rings is 1. The highest BCUT2D eigenvalue weighted by Gasteiger charge is 2.41. The van der Waals surface area contributed by atoms with Crippen LogP contribution >= 0.6 is 12.2 Å². The molecule has 0 saturated carbocycles. The minimum Gasteiger partial charge on any atom is -0.352 e. The molecule has 1 aromatic carbocycles. The van der Waals surface area contributed by atoms with Gasteiger partial charge in [0.1, 0.15) is 0 Å². The van der Waals surface area contributed by atoms with Crippen LogP contribution in [0.2, 0.25) is 0 Å². The lowest BCUT2D eigenvalue weighted by molar-refractivity contribution is -0.116. The molecule has 3 aromatic rings. The molecule has 0 unspecified atom stereocenters. The van der Waals surface area contributed by atoms with E-state index in [1.165, 1.54) is 17.0 Å². The van der Waals surface area contributed by atoms with Crippen LogP contribution in [0.25, 0.3) is 0 Å². The van der Waals surface area contributed by atoms with E-state index in [0.29, 0.717) is 18.1 Å². The normalized spacial score (nSPS) is 18.2. The predicted molar refractivity (Wildman–Crippen MR) is 127 cm³/mol. The Morgan fingerprint density at radius 1 is 1.16 bits per heavy atom. The summed E-state index contributed by atoms with van der Waals surface area (Å²) in [4.78, 5) is 19.3. The number of carbonyl (C=O) groups excluding carboxylic acids is 1. The zero-order chi connectivity index (χ0) is 22.0. The van der Waals surface area contributed by atoms with Crippen LogP contribution in [0.1, 0.15) is 41.1 Å². The number of thiocarbonyl (C=S) groups is 1. The number of amides is 1. The molecular weight excluding hydrogens is 406 g/mol. The van der Waals surface area contributed by atoms with Crippen molar-refractivity contribution in [2.45, 2.75) is 32.4 Å². The molecule has 7 heteroatoms. The molecule has 2 atom stereocenters. The van der Waals surface area contributed by atoms with Crippen molar-refractivity contribution >= 4 is 28.9 Å². The van der Waals surface area contributed by atoms with E-state index < -0.39 is 0 Å². The van der Waals surface area contributed by atoms with E-state index in [1.54, 1.807) is 6.20 Å². The van der Waals surface area contributed by atoms with Crippen molar-refractivity contribution in [3.8, 4) is 0 Å². The lowest BCUT2D eigenvalue weighted by Gasteiger charge is -2.28. The summed E-state index contributed by atoms with van der Waals surface area (Å²) in [6.07, 6.45) is 2.14. The third-order valence-electron chi connectivity index (χ3n) is 5.97. The van der Waals surface area contributed by atoms with Crippen molar-refractivity contribution in [3.05, 3.63) is 83.4 Å². The fraction of sp³-hybridized carbons (Fsp3) is 0.292. The second-order valence-electron chi connectivity index (χ2n) is 7.87. The minimum atomic E-state index is -0.0774. The minimum absolute atomic E-state index is 0.0324. The summed E-state index contributed by atoms with van der Waals surface area (Å²) in [5, 5.41) is 7.06. The van der Waals surface area contributed by atoms with Gasteiger partial charge in [-0.15, -0.1) is 0 Å². The van der Waals surface area contributed by atoms with E-state index in [2.05, 4.69) is 52.0 Å². The Hall–Kier alpha value is -3.19. The first kappa shape index (κ1) is 21.1. The van der Waals surface area contributed by atoms with Crippen LogP contribution in [0.4, 0.5) is 5.69 Å². The van der Waals surface area contributed by atoms with Gasteiger partial charge in [-0.1, -0.05) is 24.3 Å². The lowest BCUT2D eigenvalue weighted by atomic mass is 9.96. The van der Waals surface area contributed by atoms with Gasteiger partial charge in [-0.2, -0.15) is 0 Å². The highest BCUT2D eigenvalue weighted by Crippen LogP contribution is 2.40. The maximum absolute atomic E-state index is 12.6. The number of aromatic nitrogens is 2. The maximum atomic E-state index is 12.6. The zero-order valence-corrected chi connectivity index (χ0v) is 18.8. The molecule has 1 fully saturated rings. The highest BCUT2D eigenvalue weighted by molar-refractivity contribution is 7.80. The summed E-state index contributed by atoms with van der Waals surface area (Å²) in [7, 11) is 2.07. The number of anilines is 1. The van der Waals surface area contributed by atoms with Crippen molar-refractivity contribution in [3.63, 3.8) is 0 Å². The largest absolute Gasteiger partial charge is 0.352 e. The average Bonchev–Trinajstić information content (AvgIpc) is 3.24. The first-order valence-corrected chi connectivity index (χ1v) is 10.8. The standard InChI is InChI=1S/C24H27N5OS/c1-16-15-19(17(2)28(16)3)23-22(20-11-7-8-13-25-20)27-24(31)29(23)14-12-21(30)26-18-9-5-4-6-10-18/h4-11,13,15,22-23H,12,14H2,1-3H3,(H,26,30)(H,27,31)/t22-,23-/m0/s1. The summed E-state index contributed by atoms with van der Waals surface area (Å²) < 4.78 is 2.19. The fourth-order valence-corrected chi connectivity index (χ4v) is 4.47. The maximum Gasteiger partial charge on any atom is 0.226 e. The molecule has 0 aliphatic carbocycles. The molecule has 4 rings (SSSR count). The van der Waals surface area contributed by atoms with Crippen LogP contribution in [0, 0.1) is 13.8 Å². The molecular formula is C24H27N5OS. The van der Waals surface area contributed by atoms with Gasteiger partial charge < -0.3 is 20.1 Å². The van der Waals surface area contributed by atoms with Crippen LogP contribution in [0.3, 0.4) is 0 Å². The molecule has 6 nitrogen and oxygen atoms in total. The molecule has 1 aliphatic rings. The zero-order valence-electron chi connectivity index (χ0n) is 18.0. The van der Waals surface area contributed by atoms with Gasteiger partial charge in [-0.25, -0.2) is 0 Å². The molecule has 1 aliphatic heterocycles. The number of hydrogen-bond donors (Lipinski definition) is 2. The molecule has 1 saturated heterocycles. The second-order valence-corrected chi connectivity index (χ2v) is 8.26. The third kappa shape index (κ3) is 4.32. The van der Waals surface area contributed by atoms with E-state index in [-0.39, 0.29) is 18.0 Å². The SMILES string of the molecule is Cc1cc([C@H]2[C@H](c3ccccn3)NC(=S)N2CCC(=O)Nc2ccccc2)c(C)n1C. The average molecular weight is 434 g/mol. The number of para-hydroxylation sites is 1. The van der Waals surface area contributed by atoms with Gasteiger partial charge in [0.25, 0.3) is 0 Å². The number of rotatable bonds is 6. The Labute approximate surface area is 188 Å². The predicted octanol–water partition coefficient (Wildman–Crippen LogP) is 4.04. The summed E-state index contributed by atoms with van der Waals surface area (Å²) in [5.41, 5.74) is 5.31. The number of carbonyl (C=O) groups is 1. The summed E-state index contributed by atoms with van der Waals surface area (Å²) >= 11 is 5.71. The number of nitrogens with zero attached hydrogens (tertiary/aromatic N) is 3. The van der Waals surface area contributed by atoms with Gasteiger partial charge in [0.2, 0.25) is 5.91 Å². The van der Waals surface area contributed by atoms with Crippen molar-refractivity contribution in [1.82, 2.24) is 19.8 Å². The summed E-state index contributed by atoms with van der Waals surface area (Å²) in [6.45, 7) is 4.75. The van der Waals surface area contributed by atoms with Gasteiger partial charge >= 0.3 is 0 Å². The van der Waals surface area contributed by atoms with Crippen molar-refractivity contribution < 1.29 is 4.79 Å². The quantitative estimate of drug-likeness (QED) is 0.575. The van der Waals surface area contributed by atoms with Gasteiger partial charge in [-0.3, -0.25) is 9.78 Å². The molecule has 1 amide bonds. The molecule has 3 heterocycles. The van der Waals surface area contributed by atoms with E-state index in [4.69, 9.17) is 12.2 Å². The monoisotopic (exact) mass is 433 g/mol. The first-order chi connectivity index (χ1) is 15.0. The van der Waals surface area contributed by atoms with E-state index >= 15 is 0 Å². The molecule has 0 bridgehead atoms. The molecule has 0 spiro atoms. The lowest BCUT2D eigenvalue weighted by Crippen LogP contribution is -2.32. The number of nitrogens with one attached hydrogen (secondary N) is 2. The Bertz CT molecular complexity index is 1080. The third-order valence-corrected chi connectivity index (χ3v) is 6.32. The van der Waals surface area contributed by atoms with Crippen LogP contribution < -0.4 is 10.6 Å². The van der Waals surface area contributed by atoms with Crippen LogP contribution in [-0.4, -0.2) is 32.0 Å². The van der Waals surface area contributed by atoms with Gasteiger partial charge in [-0.05, 0) is 62.0 Å². The van der Waals surface area contributed by atoms with E-state index in [9.17, 15) is 4.79 Å². The molecule has 31 heavy (non-hydrogen) atoms. The van der Waals surface area contributed by atoms with Crippen molar-refractivity contribution in [2.24, 2.45) is 7.05 Å². The molecule has 160 valence electrons. The molecule has 2 N–H and O–H groups in total. The Balaban J connectivity index is 1.59. The van der Waals surface area contributed by atoms with Gasteiger partial charge in [0.05, 0.1) is 17.8 Å². The molecule has 2 aromatic heterocycles. The van der Waals surface area contributed by atoms with Crippen molar-refractivity contribution in [1.29, 1.82) is 0 Å². The van der Waals surface area contributed by atoms with Crippen LogP contribution in [0.15, 0.2) is 60.8 Å². The van der Waals surface area contributed by atoms with Gasteiger partial charge in [0.15, 0.2) is 5.11 Å². The fourth-order valence-electron chi connectivity index (χ4n) is 4.14.